The quantitative estimate of drug-likeness (QED) is 0.486. The molecule has 3 aromatic carbocycles. The van der Waals surface area contributed by atoms with Crippen LogP contribution in [0.3, 0.4) is 0 Å². The topological polar surface area (TPSA) is 105 Å². The van der Waals surface area contributed by atoms with Crippen LogP contribution < -0.4 is 4.72 Å². The molecule has 4 aromatic rings. The highest BCUT2D eigenvalue weighted by Gasteiger charge is 2.21. The van der Waals surface area contributed by atoms with E-state index in [0.29, 0.717) is 22.3 Å². The molecule has 0 bridgehead atoms. The smallest absolute Gasteiger partial charge is 0.267 e. The summed E-state index contributed by atoms with van der Waals surface area (Å²) in [6.45, 7) is 0. The Morgan fingerprint density at radius 3 is 2.62 bits per heavy atom. The van der Waals surface area contributed by atoms with E-state index in [1.54, 1.807) is 41.1 Å². The predicted molar refractivity (Wildman–Crippen MR) is 118 cm³/mol. The van der Waals surface area contributed by atoms with Crippen molar-refractivity contribution in [3.8, 4) is 23.0 Å². The molecule has 0 radical (unpaired) electrons. The van der Waals surface area contributed by atoms with Crippen molar-refractivity contribution in [2.45, 2.75) is 0 Å². The van der Waals surface area contributed by atoms with E-state index in [2.05, 4.69) is 11.2 Å². The molecular weight excluding hydrogens is 455 g/mol. The molecule has 1 amide bonds. The van der Waals surface area contributed by atoms with Gasteiger partial charge in [0, 0.05) is 17.0 Å². The van der Waals surface area contributed by atoms with Gasteiger partial charge in [-0.3, -0.25) is 4.79 Å². The van der Waals surface area contributed by atoms with Gasteiger partial charge in [0.2, 0.25) is 10.0 Å². The monoisotopic (exact) mass is 468 g/mol. The zero-order chi connectivity index (χ0) is 23.0. The molecule has 0 aliphatic carbocycles. The van der Waals surface area contributed by atoms with Crippen LogP contribution in [0.1, 0.15) is 15.9 Å². The van der Waals surface area contributed by atoms with Gasteiger partial charge in [-0.1, -0.05) is 41.9 Å². The van der Waals surface area contributed by atoms with E-state index in [-0.39, 0.29) is 10.7 Å². The first kappa shape index (κ1) is 21.5. The van der Waals surface area contributed by atoms with E-state index in [9.17, 15) is 22.9 Å². The Morgan fingerprint density at radius 1 is 1.16 bits per heavy atom. The number of nitrogens with zero attached hydrogens (tertiary/aromatic N) is 3. The zero-order valence-corrected chi connectivity index (χ0v) is 18.1. The van der Waals surface area contributed by atoms with E-state index >= 15 is 0 Å². The molecule has 0 saturated carbocycles. The van der Waals surface area contributed by atoms with E-state index in [1.807, 2.05) is 12.1 Å². The standard InChI is InChI=1S/C22H14ClFN4O3S/c1-32(30,31)27-22(29)16-10-17(23)20(11-18(16)24)28-19-8-3-2-7-15(19)21(26-28)14-6-4-5-13(9-14)12-25/h2-11H,1H3,(H,27,29). The average Bonchev–Trinajstić information content (AvgIpc) is 3.13. The summed E-state index contributed by atoms with van der Waals surface area (Å²) in [5.41, 5.74) is 2.00. The number of para-hydroxylation sites is 1. The Bertz CT molecular complexity index is 1540. The second-order valence-electron chi connectivity index (χ2n) is 6.96. The maximum atomic E-state index is 14.8. The molecule has 32 heavy (non-hydrogen) atoms. The Morgan fingerprint density at radius 2 is 1.91 bits per heavy atom. The van der Waals surface area contributed by atoms with Gasteiger partial charge in [-0.15, -0.1) is 0 Å². The predicted octanol–water partition coefficient (Wildman–Crippen LogP) is 4.05. The van der Waals surface area contributed by atoms with Crippen molar-refractivity contribution in [1.29, 1.82) is 5.26 Å². The van der Waals surface area contributed by atoms with Gasteiger partial charge in [-0.2, -0.15) is 10.4 Å². The summed E-state index contributed by atoms with van der Waals surface area (Å²) >= 11 is 6.35. The van der Waals surface area contributed by atoms with Gasteiger partial charge >= 0.3 is 0 Å². The molecule has 0 aliphatic heterocycles. The number of halogens is 2. The van der Waals surface area contributed by atoms with Gasteiger partial charge in [-0.05, 0) is 24.3 Å². The van der Waals surface area contributed by atoms with Crippen molar-refractivity contribution < 1.29 is 17.6 Å². The molecule has 0 spiro atoms. The number of carbonyl (C=O) groups is 1. The zero-order valence-electron chi connectivity index (χ0n) is 16.5. The summed E-state index contributed by atoms with van der Waals surface area (Å²) in [7, 11) is -3.88. The Hall–Kier alpha value is -3.74. The van der Waals surface area contributed by atoms with Crippen LogP contribution in [-0.2, 0) is 10.0 Å². The molecule has 0 unspecified atom stereocenters. The third-order valence-corrected chi connectivity index (χ3v) is 5.50. The van der Waals surface area contributed by atoms with Gasteiger partial charge < -0.3 is 0 Å². The van der Waals surface area contributed by atoms with Crippen LogP contribution in [-0.4, -0.2) is 30.4 Å². The number of carbonyl (C=O) groups excluding carboxylic acids is 1. The highest BCUT2D eigenvalue weighted by Crippen LogP contribution is 2.33. The molecule has 0 aliphatic rings. The van der Waals surface area contributed by atoms with Crippen LogP contribution in [0.25, 0.3) is 27.8 Å². The number of benzene rings is 3. The normalized spacial score (nSPS) is 11.3. The van der Waals surface area contributed by atoms with E-state index in [4.69, 9.17) is 11.6 Å². The molecule has 1 aromatic heterocycles. The SMILES string of the molecule is CS(=O)(=O)NC(=O)c1cc(Cl)c(-n2nc(-c3cccc(C#N)c3)c3ccccc32)cc1F. The van der Waals surface area contributed by atoms with E-state index < -0.39 is 27.3 Å². The minimum atomic E-state index is -3.88. The first-order chi connectivity index (χ1) is 15.2. The van der Waals surface area contributed by atoms with Crippen LogP contribution in [0.15, 0.2) is 60.7 Å². The summed E-state index contributed by atoms with van der Waals surface area (Å²) < 4.78 is 40.5. The van der Waals surface area contributed by atoms with E-state index in [0.717, 1.165) is 23.8 Å². The Kier molecular flexibility index (Phi) is 5.42. The van der Waals surface area contributed by atoms with E-state index in [1.165, 1.54) is 4.68 Å². The molecular formula is C22H14ClFN4O3S. The maximum Gasteiger partial charge on any atom is 0.267 e. The number of nitriles is 1. The second kappa shape index (κ2) is 8.07. The van der Waals surface area contributed by atoms with Gasteiger partial charge in [0.15, 0.2) is 0 Å². The number of nitrogens with one attached hydrogen (secondary N) is 1. The number of amides is 1. The molecule has 0 fully saturated rings. The first-order valence-corrected chi connectivity index (χ1v) is 11.4. The second-order valence-corrected chi connectivity index (χ2v) is 9.11. The van der Waals surface area contributed by atoms with Crippen LogP contribution in [0, 0.1) is 17.1 Å². The van der Waals surface area contributed by atoms with Crippen LogP contribution in [0.4, 0.5) is 4.39 Å². The van der Waals surface area contributed by atoms with Gasteiger partial charge in [0.1, 0.15) is 11.5 Å². The van der Waals surface area contributed by atoms with Crippen molar-refractivity contribution in [3.05, 3.63) is 82.6 Å². The highest BCUT2D eigenvalue weighted by molar-refractivity contribution is 7.89. The number of rotatable bonds is 4. The van der Waals surface area contributed by atoms with Crippen molar-refractivity contribution >= 4 is 38.4 Å². The summed E-state index contributed by atoms with van der Waals surface area (Å²) in [6.07, 6.45) is 0.789. The minimum Gasteiger partial charge on any atom is -0.268 e. The number of sulfonamides is 1. The lowest BCUT2D eigenvalue weighted by Crippen LogP contribution is -2.30. The fourth-order valence-corrected chi connectivity index (χ4v) is 3.99. The van der Waals surface area contributed by atoms with Crippen molar-refractivity contribution in [2.24, 2.45) is 0 Å². The lowest BCUT2D eigenvalue weighted by atomic mass is 10.1. The molecule has 0 saturated heterocycles. The average molecular weight is 469 g/mol. The number of aromatic nitrogens is 2. The molecule has 1 heterocycles. The molecule has 7 nitrogen and oxygen atoms in total. The molecule has 0 atom stereocenters. The largest absolute Gasteiger partial charge is 0.268 e. The first-order valence-electron chi connectivity index (χ1n) is 9.18. The van der Waals surface area contributed by atoms with Gasteiger partial charge in [-0.25, -0.2) is 22.2 Å². The van der Waals surface area contributed by atoms with Crippen LogP contribution in [0.2, 0.25) is 5.02 Å². The van der Waals surface area contributed by atoms with Crippen LogP contribution in [0.5, 0.6) is 0 Å². The third kappa shape index (κ3) is 4.06. The molecule has 1 N–H and O–H groups in total. The number of hydrogen-bond acceptors (Lipinski definition) is 5. The third-order valence-electron chi connectivity index (χ3n) is 4.64. The lowest BCUT2D eigenvalue weighted by molar-refractivity contribution is 0.0978. The fourth-order valence-electron chi connectivity index (χ4n) is 3.30. The lowest BCUT2D eigenvalue weighted by Gasteiger charge is -2.10. The summed E-state index contributed by atoms with van der Waals surface area (Å²) in [6, 6.07) is 18.3. The Balaban J connectivity index is 1.89. The van der Waals surface area contributed by atoms with Gasteiger partial charge in [0.05, 0.1) is 39.7 Å². The van der Waals surface area contributed by atoms with Crippen molar-refractivity contribution in [2.75, 3.05) is 6.26 Å². The minimum absolute atomic E-state index is 0.00405. The van der Waals surface area contributed by atoms with Crippen molar-refractivity contribution in [3.63, 3.8) is 0 Å². The van der Waals surface area contributed by atoms with Crippen molar-refractivity contribution in [1.82, 2.24) is 14.5 Å². The Labute approximate surface area is 187 Å². The summed E-state index contributed by atoms with van der Waals surface area (Å²) in [5, 5.41) is 14.6. The molecule has 4 rings (SSSR count). The summed E-state index contributed by atoms with van der Waals surface area (Å²) in [5.74, 6) is -2.09. The summed E-state index contributed by atoms with van der Waals surface area (Å²) in [4.78, 5) is 12.1. The van der Waals surface area contributed by atoms with Gasteiger partial charge in [0.25, 0.3) is 5.91 Å². The molecule has 10 heteroatoms. The molecule has 160 valence electrons. The fraction of sp³-hybridized carbons (Fsp3) is 0.0455. The maximum absolute atomic E-state index is 14.8. The van der Waals surface area contributed by atoms with Crippen LogP contribution >= 0.6 is 11.6 Å². The number of hydrogen-bond donors (Lipinski definition) is 1. The number of fused-ring (bicyclic) bond motifs is 1. The highest BCUT2D eigenvalue weighted by atomic mass is 35.5.